The predicted molar refractivity (Wildman–Crippen MR) is 77.8 cm³/mol. The molecule has 0 bridgehead atoms. The number of amides is 1. The number of likely N-dealkylation sites (tertiary alicyclic amines) is 1. The molecule has 1 N–H and O–H groups in total. The molecule has 0 saturated carbocycles. The van der Waals surface area contributed by atoms with Crippen molar-refractivity contribution in [2.45, 2.75) is 26.7 Å². The summed E-state index contributed by atoms with van der Waals surface area (Å²) in [4.78, 5) is 14.0. The van der Waals surface area contributed by atoms with Crippen LogP contribution in [0, 0.1) is 19.8 Å². The second-order valence-corrected chi connectivity index (χ2v) is 5.52. The molecule has 0 aliphatic carbocycles. The Bertz CT molecular complexity index is 453. The van der Waals surface area contributed by atoms with E-state index in [1.807, 2.05) is 36.9 Å². The van der Waals surface area contributed by atoms with Gasteiger partial charge in [0, 0.05) is 19.7 Å². The molecule has 1 saturated heterocycles. The van der Waals surface area contributed by atoms with E-state index in [2.05, 4.69) is 0 Å². The molecule has 0 radical (unpaired) electrons. The number of nitrogens with zero attached hydrogens (tertiary/aromatic N) is 1. The summed E-state index contributed by atoms with van der Waals surface area (Å²) in [6.45, 7) is 5.79. The molecule has 1 aliphatic rings. The molecule has 1 aromatic carbocycles. The van der Waals surface area contributed by atoms with Gasteiger partial charge in [0.2, 0.25) is 0 Å². The Labute approximate surface area is 120 Å². The Morgan fingerprint density at radius 1 is 1.40 bits per heavy atom. The molecule has 4 nitrogen and oxygen atoms in total. The minimum Gasteiger partial charge on any atom is -0.483 e. The van der Waals surface area contributed by atoms with Crippen LogP contribution in [0.4, 0.5) is 0 Å². The Balaban J connectivity index is 1.87. The number of benzene rings is 1. The summed E-state index contributed by atoms with van der Waals surface area (Å²) in [6.07, 6.45) is 1.76. The van der Waals surface area contributed by atoms with E-state index in [-0.39, 0.29) is 19.1 Å². The molecular formula is C16H23NO3. The van der Waals surface area contributed by atoms with Crippen LogP contribution in [-0.4, -0.2) is 42.2 Å². The minimum absolute atomic E-state index is 0.0353. The SMILES string of the molecule is Cc1cccc(C)c1OCC(=O)N1CCC(CCO)C1. The van der Waals surface area contributed by atoms with E-state index in [0.29, 0.717) is 5.92 Å². The average molecular weight is 277 g/mol. The number of aliphatic hydroxyl groups is 1. The lowest BCUT2D eigenvalue weighted by Crippen LogP contribution is -2.33. The average Bonchev–Trinajstić information content (AvgIpc) is 2.87. The quantitative estimate of drug-likeness (QED) is 0.894. The highest BCUT2D eigenvalue weighted by Gasteiger charge is 2.26. The van der Waals surface area contributed by atoms with Crippen molar-refractivity contribution in [1.82, 2.24) is 4.90 Å². The van der Waals surface area contributed by atoms with Gasteiger partial charge < -0.3 is 14.7 Å². The van der Waals surface area contributed by atoms with Gasteiger partial charge >= 0.3 is 0 Å². The third-order valence-corrected chi connectivity index (χ3v) is 3.92. The molecule has 2 rings (SSSR count). The normalized spacial score (nSPS) is 18.4. The molecule has 0 aromatic heterocycles. The fraction of sp³-hybridized carbons (Fsp3) is 0.562. The lowest BCUT2D eigenvalue weighted by Gasteiger charge is -2.18. The number of hydrogen-bond acceptors (Lipinski definition) is 3. The summed E-state index contributed by atoms with van der Waals surface area (Å²) in [5, 5.41) is 8.94. The number of carbonyl (C=O) groups is 1. The molecule has 20 heavy (non-hydrogen) atoms. The number of aryl methyl sites for hydroxylation is 2. The molecule has 110 valence electrons. The van der Waals surface area contributed by atoms with Gasteiger partial charge in [-0.3, -0.25) is 4.79 Å². The van der Waals surface area contributed by atoms with Crippen LogP contribution >= 0.6 is 0 Å². The molecule has 1 fully saturated rings. The Hall–Kier alpha value is -1.55. The van der Waals surface area contributed by atoms with Crippen LogP contribution in [0.15, 0.2) is 18.2 Å². The molecule has 4 heteroatoms. The van der Waals surface area contributed by atoms with E-state index in [4.69, 9.17) is 9.84 Å². The number of aliphatic hydroxyl groups excluding tert-OH is 1. The van der Waals surface area contributed by atoms with Gasteiger partial charge in [-0.1, -0.05) is 18.2 Å². The summed E-state index contributed by atoms with van der Waals surface area (Å²) in [6, 6.07) is 5.96. The summed E-state index contributed by atoms with van der Waals surface area (Å²) in [7, 11) is 0. The first-order chi connectivity index (χ1) is 9.61. The van der Waals surface area contributed by atoms with E-state index in [0.717, 1.165) is 42.8 Å². The topological polar surface area (TPSA) is 49.8 Å². The van der Waals surface area contributed by atoms with Crippen molar-refractivity contribution in [1.29, 1.82) is 0 Å². The summed E-state index contributed by atoms with van der Waals surface area (Å²) in [5.41, 5.74) is 2.11. The number of rotatable bonds is 5. The second-order valence-electron chi connectivity index (χ2n) is 5.52. The molecule has 1 heterocycles. The molecule has 0 spiro atoms. The maximum atomic E-state index is 12.1. The van der Waals surface area contributed by atoms with Gasteiger partial charge in [-0.05, 0) is 43.7 Å². The van der Waals surface area contributed by atoms with Crippen LogP contribution < -0.4 is 4.74 Å². The van der Waals surface area contributed by atoms with Gasteiger partial charge in [-0.2, -0.15) is 0 Å². The summed E-state index contributed by atoms with van der Waals surface area (Å²) in [5.74, 6) is 1.28. The third kappa shape index (κ3) is 3.51. The van der Waals surface area contributed by atoms with Crippen molar-refractivity contribution in [3.05, 3.63) is 29.3 Å². The highest BCUT2D eigenvalue weighted by molar-refractivity contribution is 5.78. The van der Waals surface area contributed by atoms with Crippen molar-refractivity contribution >= 4 is 5.91 Å². The lowest BCUT2D eigenvalue weighted by molar-refractivity contribution is -0.132. The largest absolute Gasteiger partial charge is 0.483 e. The Morgan fingerprint density at radius 3 is 2.75 bits per heavy atom. The molecule has 1 amide bonds. The van der Waals surface area contributed by atoms with Crippen LogP contribution in [0.5, 0.6) is 5.75 Å². The molecule has 1 aliphatic heterocycles. The zero-order valence-electron chi connectivity index (χ0n) is 12.3. The van der Waals surface area contributed by atoms with E-state index >= 15 is 0 Å². The lowest BCUT2D eigenvalue weighted by atomic mass is 10.1. The van der Waals surface area contributed by atoms with Gasteiger partial charge in [0.15, 0.2) is 6.61 Å². The van der Waals surface area contributed by atoms with Crippen LogP contribution in [0.25, 0.3) is 0 Å². The van der Waals surface area contributed by atoms with E-state index in [1.165, 1.54) is 0 Å². The van der Waals surface area contributed by atoms with Crippen molar-refractivity contribution in [3.63, 3.8) is 0 Å². The van der Waals surface area contributed by atoms with Crippen molar-refractivity contribution < 1.29 is 14.6 Å². The first kappa shape index (κ1) is 14.9. The molecule has 1 unspecified atom stereocenters. The smallest absolute Gasteiger partial charge is 0.260 e. The Kier molecular flexibility index (Phi) is 5.01. The van der Waals surface area contributed by atoms with Gasteiger partial charge in [-0.25, -0.2) is 0 Å². The molecular weight excluding hydrogens is 254 g/mol. The van der Waals surface area contributed by atoms with Crippen LogP contribution in [0.2, 0.25) is 0 Å². The zero-order chi connectivity index (χ0) is 14.5. The second kappa shape index (κ2) is 6.75. The van der Waals surface area contributed by atoms with Gasteiger partial charge in [0.1, 0.15) is 5.75 Å². The van der Waals surface area contributed by atoms with Crippen molar-refractivity contribution in [3.8, 4) is 5.75 Å². The number of carbonyl (C=O) groups excluding carboxylic acids is 1. The van der Waals surface area contributed by atoms with Crippen LogP contribution in [-0.2, 0) is 4.79 Å². The monoisotopic (exact) mass is 277 g/mol. The van der Waals surface area contributed by atoms with Gasteiger partial charge in [0.25, 0.3) is 5.91 Å². The highest BCUT2D eigenvalue weighted by Crippen LogP contribution is 2.23. The Morgan fingerprint density at radius 2 is 2.10 bits per heavy atom. The van der Waals surface area contributed by atoms with Crippen molar-refractivity contribution in [2.24, 2.45) is 5.92 Å². The van der Waals surface area contributed by atoms with Crippen LogP contribution in [0.1, 0.15) is 24.0 Å². The van der Waals surface area contributed by atoms with Gasteiger partial charge in [0.05, 0.1) is 0 Å². The number of ether oxygens (including phenoxy) is 1. The first-order valence-electron chi connectivity index (χ1n) is 7.19. The zero-order valence-corrected chi connectivity index (χ0v) is 12.3. The molecule has 1 atom stereocenters. The third-order valence-electron chi connectivity index (χ3n) is 3.92. The molecule has 1 aromatic rings. The first-order valence-corrected chi connectivity index (χ1v) is 7.19. The predicted octanol–water partition coefficient (Wildman–Crippen LogP) is 1.91. The maximum absolute atomic E-state index is 12.1. The fourth-order valence-electron chi connectivity index (χ4n) is 2.73. The van der Waals surface area contributed by atoms with E-state index < -0.39 is 0 Å². The maximum Gasteiger partial charge on any atom is 0.260 e. The number of para-hydroxylation sites is 1. The fourth-order valence-corrected chi connectivity index (χ4v) is 2.73. The summed E-state index contributed by atoms with van der Waals surface area (Å²) < 4.78 is 5.70. The van der Waals surface area contributed by atoms with Crippen molar-refractivity contribution in [2.75, 3.05) is 26.3 Å². The van der Waals surface area contributed by atoms with Crippen LogP contribution in [0.3, 0.4) is 0 Å². The highest BCUT2D eigenvalue weighted by atomic mass is 16.5. The van der Waals surface area contributed by atoms with E-state index in [1.54, 1.807) is 0 Å². The summed E-state index contributed by atoms with van der Waals surface area (Å²) >= 11 is 0. The van der Waals surface area contributed by atoms with Gasteiger partial charge in [-0.15, -0.1) is 0 Å². The van der Waals surface area contributed by atoms with E-state index in [9.17, 15) is 4.79 Å². The standard InChI is InChI=1S/C16H23NO3/c1-12-4-3-5-13(2)16(12)20-11-15(19)17-8-6-14(10-17)7-9-18/h3-5,14,18H,6-11H2,1-2H3. The number of hydrogen-bond donors (Lipinski definition) is 1. The minimum atomic E-state index is 0.0353.